The zero-order valence-corrected chi connectivity index (χ0v) is 21.0. The number of methoxy groups -OCH3 is 2. The van der Waals surface area contributed by atoms with Gasteiger partial charge in [0, 0.05) is 0 Å². The SMILES string of the molecule is C=C(OCC(COC(=O)c1ccccc1CC)OC(=C)c1ccccc1OC)c1ccccc1OC. The van der Waals surface area contributed by atoms with E-state index in [2.05, 4.69) is 13.2 Å². The molecule has 0 aromatic heterocycles. The third-order valence-electron chi connectivity index (χ3n) is 5.59. The number of ether oxygens (including phenoxy) is 5. The van der Waals surface area contributed by atoms with Crippen molar-refractivity contribution in [3.05, 3.63) is 108 Å². The summed E-state index contributed by atoms with van der Waals surface area (Å²) in [5, 5.41) is 0. The van der Waals surface area contributed by atoms with Crippen LogP contribution in [0, 0.1) is 0 Å². The van der Waals surface area contributed by atoms with Gasteiger partial charge in [-0.25, -0.2) is 4.79 Å². The van der Waals surface area contributed by atoms with Gasteiger partial charge in [-0.2, -0.15) is 0 Å². The monoisotopic (exact) mass is 488 g/mol. The highest BCUT2D eigenvalue weighted by molar-refractivity contribution is 5.91. The topological polar surface area (TPSA) is 63.2 Å². The van der Waals surface area contributed by atoms with E-state index in [-0.39, 0.29) is 13.2 Å². The lowest BCUT2D eigenvalue weighted by Crippen LogP contribution is -2.27. The lowest BCUT2D eigenvalue weighted by Gasteiger charge is -2.23. The Balaban J connectivity index is 1.75. The first kappa shape index (κ1) is 26.4. The molecular formula is C30H32O6. The fourth-order valence-electron chi connectivity index (χ4n) is 3.68. The molecule has 3 aromatic rings. The van der Waals surface area contributed by atoms with Gasteiger partial charge in [0.25, 0.3) is 0 Å². The van der Waals surface area contributed by atoms with Crippen LogP contribution in [0.25, 0.3) is 11.5 Å². The van der Waals surface area contributed by atoms with Crippen LogP contribution in [0.15, 0.2) is 86.0 Å². The largest absolute Gasteiger partial charge is 0.496 e. The van der Waals surface area contributed by atoms with Gasteiger partial charge in [-0.1, -0.05) is 62.5 Å². The number of hydrogen-bond donors (Lipinski definition) is 0. The number of carbonyl (C=O) groups excluding carboxylic acids is 1. The molecular weight excluding hydrogens is 456 g/mol. The molecule has 0 saturated heterocycles. The van der Waals surface area contributed by atoms with Crippen LogP contribution in [0.3, 0.4) is 0 Å². The van der Waals surface area contributed by atoms with Crippen molar-refractivity contribution >= 4 is 17.5 Å². The van der Waals surface area contributed by atoms with E-state index in [0.29, 0.717) is 34.1 Å². The van der Waals surface area contributed by atoms with Gasteiger partial charge in [0.2, 0.25) is 0 Å². The van der Waals surface area contributed by atoms with Crippen LogP contribution in [-0.2, 0) is 20.6 Å². The average molecular weight is 489 g/mol. The molecule has 0 radical (unpaired) electrons. The first-order chi connectivity index (χ1) is 17.5. The lowest BCUT2D eigenvalue weighted by atomic mass is 10.1. The fourth-order valence-corrected chi connectivity index (χ4v) is 3.68. The highest BCUT2D eigenvalue weighted by atomic mass is 16.6. The third-order valence-corrected chi connectivity index (χ3v) is 5.59. The minimum atomic E-state index is -0.661. The molecule has 36 heavy (non-hydrogen) atoms. The van der Waals surface area contributed by atoms with E-state index in [1.807, 2.05) is 73.7 Å². The van der Waals surface area contributed by atoms with Crippen molar-refractivity contribution in [3.8, 4) is 11.5 Å². The quantitative estimate of drug-likeness (QED) is 0.212. The predicted octanol–water partition coefficient (Wildman–Crippen LogP) is 6.17. The predicted molar refractivity (Wildman–Crippen MR) is 141 cm³/mol. The van der Waals surface area contributed by atoms with Crippen LogP contribution in [0.1, 0.15) is 34.0 Å². The Hall–Kier alpha value is -4.19. The number of benzene rings is 3. The minimum absolute atomic E-state index is 0.0513. The molecule has 188 valence electrons. The van der Waals surface area contributed by atoms with Crippen molar-refractivity contribution in [1.82, 2.24) is 0 Å². The zero-order chi connectivity index (χ0) is 25.9. The minimum Gasteiger partial charge on any atom is -0.496 e. The highest BCUT2D eigenvalue weighted by Crippen LogP contribution is 2.28. The maximum absolute atomic E-state index is 12.8. The maximum Gasteiger partial charge on any atom is 0.338 e. The Morgan fingerprint density at radius 1 is 0.722 bits per heavy atom. The average Bonchev–Trinajstić information content (AvgIpc) is 2.93. The summed E-state index contributed by atoms with van der Waals surface area (Å²) in [6, 6.07) is 22.2. The molecule has 6 nitrogen and oxygen atoms in total. The van der Waals surface area contributed by atoms with Crippen LogP contribution >= 0.6 is 0 Å². The van der Waals surface area contributed by atoms with Gasteiger partial charge < -0.3 is 23.7 Å². The van der Waals surface area contributed by atoms with E-state index in [1.54, 1.807) is 20.3 Å². The van der Waals surface area contributed by atoms with E-state index < -0.39 is 12.1 Å². The molecule has 0 fully saturated rings. The van der Waals surface area contributed by atoms with E-state index >= 15 is 0 Å². The second-order valence-electron chi connectivity index (χ2n) is 7.91. The number of para-hydroxylation sites is 2. The summed E-state index contributed by atoms with van der Waals surface area (Å²) in [5.41, 5.74) is 2.85. The van der Waals surface area contributed by atoms with Crippen molar-refractivity contribution in [2.75, 3.05) is 27.4 Å². The number of rotatable bonds is 13. The van der Waals surface area contributed by atoms with Crippen LogP contribution in [0.5, 0.6) is 11.5 Å². The molecule has 1 unspecified atom stereocenters. The van der Waals surface area contributed by atoms with Crippen LogP contribution in [-0.4, -0.2) is 39.5 Å². The molecule has 1 atom stereocenters. The smallest absolute Gasteiger partial charge is 0.338 e. The highest BCUT2D eigenvalue weighted by Gasteiger charge is 2.20. The van der Waals surface area contributed by atoms with Gasteiger partial charge in [-0.15, -0.1) is 0 Å². The Morgan fingerprint density at radius 2 is 1.22 bits per heavy atom. The molecule has 0 bridgehead atoms. The molecule has 0 aliphatic carbocycles. The summed E-state index contributed by atoms with van der Waals surface area (Å²) < 4.78 is 28.5. The van der Waals surface area contributed by atoms with Crippen LogP contribution < -0.4 is 9.47 Å². The number of aryl methyl sites for hydroxylation is 1. The Kier molecular flexibility index (Phi) is 9.57. The molecule has 0 saturated carbocycles. The number of carbonyl (C=O) groups is 1. The second kappa shape index (κ2) is 13.0. The molecule has 0 aliphatic rings. The molecule has 0 amide bonds. The van der Waals surface area contributed by atoms with Crippen molar-refractivity contribution in [1.29, 1.82) is 0 Å². The number of hydrogen-bond acceptors (Lipinski definition) is 6. The Morgan fingerprint density at radius 3 is 1.81 bits per heavy atom. The summed E-state index contributed by atoms with van der Waals surface area (Å²) in [6.07, 6.45) is 0.0593. The van der Waals surface area contributed by atoms with Gasteiger partial charge in [-0.05, 0) is 42.3 Å². The molecule has 6 heteroatoms. The molecule has 0 aliphatic heterocycles. The Bertz CT molecular complexity index is 1140. The van der Waals surface area contributed by atoms with Gasteiger partial charge in [0.15, 0.2) is 6.10 Å². The first-order valence-electron chi connectivity index (χ1n) is 11.7. The van der Waals surface area contributed by atoms with E-state index in [9.17, 15) is 4.79 Å². The normalized spacial score (nSPS) is 11.2. The summed E-state index contributed by atoms with van der Waals surface area (Å²) >= 11 is 0. The molecule has 0 spiro atoms. The summed E-state index contributed by atoms with van der Waals surface area (Å²) in [6.45, 7) is 10.1. The summed E-state index contributed by atoms with van der Waals surface area (Å²) in [4.78, 5) is 12.8. The zero-order valence-electron chi connectivity index (χ0n) is 21.0. The van der Waals surface area contributed by atoms with E-state index in [4.69, 9.17) is 23.7 Å². The van der Waals surface area contributed by atoms with Gasteiger partial charge in [-0.3, -0.25) is 0 Å². The second-order valence-corrected chi connectivity index (χ2v) is 7.91. The van der Waals surface area contributed by atoms with Crippen LogP contribution in [0.2, 0.25) is 0 Å². The maximum atomic E-state index is 12.8. The van der Waals surface area contributed by atoms with Crippen molar-refractivity contribution in [2.24, 2.45) is 0 Å². The van der Waals surface area contributed by atoms with Gasteiger partial charge in [0.1, 0.15) is 36.2 Å². The van der Waals surface area contributed by atoms with Gasteiger partial charge in [0.05, 0.1) is 30.9 Å². The third kappa shape index (κ3) is 6.69. The van der Waals surface area contributed by atoms with Crippen LogP contribution in [0.4, 0.5) is 0 Å². The lowest BCUT2D eigenvalue weighted by molar-refractivity contribution is 0.00927. The van der Waals surface area contributed by atoms with Crippen molar-refractivity contribution in [2.45, 2.75) is 19.4 Å². The summed E-state index contributed by atoms with van der Waals surface area (Å²) in [7, 11) is 3.17. The van der Waals surface area contributed by atoms with E-state index in [1.165, 1.54) is 0 Å². The van der Waals surface area contributed by atoms with E-state index in [0.717, 1.165) is 17.5 Å². The van der Waals surface area contributed by atoms with Crippen molar-refractivity contribution in [3.63, 3.8) is 0 Å². The molecule has 3 rings (SSSR count). The Labute approximate surface area is 212 Å². The molecule has 3 aromatic carbocycles. The fraction of sp³-hybridized carbons (Fsp3) is 0.233. The summed E-state index contributed by atoms with van der Waals surface area (Å²) in [5.74, 6) is 1.61. The van der Waals surface area contributed by atoms with Crippen molar-refractivity contribution < 1.29 is 28.5 Å². The first-order valence-corrected chi connectivity index (χ1v) is 11.7. The number of esters is 1. The molecule has 0 N–H and O–H groups in total. The van der Waals surface area contributed by atoms with Gasteiger partial charge >= 0.3 is 5.97 Å². The standard InChI is InChI=1S/C30H32O6/c1-6-23-13-7-8-16-27(23)30(31)35-20-24(36-22(3)26-15-10-12-18-29(26)33-5)19-34-21(2)25-14-9-11-17-28(25)32-4/h7-18,24H,2-3,6,19-20H2,1,4-5H3. The molecule has 0 heterocycles.